The van der Waals surface area contributed by atoms with Crippen molar-refractivity contribution in [2.24, 2.45) is 23.7 Å². The lowest BCUT2D eigenvalue weighted by Gasteiger charge is -2.22. The number of benzene rings is 1. The fraction of sp³-hybridized carbons (Fsp3) is 0.450. The van der Waals surface area contributed by atoms with Gasteiger partial charge in [-0.3, -0.25) is 19.3 Å². The molecule has 2 bridgehead atoms. The molecule has 5 nitrogen and oxygen atoms in total. The first-order chi connectivity index (χ1) is 12.0. The van der Waals surface area contributed by atoms with E-state index >= 15 is 0 Å². The Morgan fingerprint density at radius 3 is 2.32 bits per heavy atom. The molecule has 1 saturated heterocycles. The number of nitrogens with zero attached hydrogens (tertiary/aromatic N) is 2. The van der Waals surface area contributed by atoms with Crippen LogP contribution in [0.1, 0.15) is 17.5 Å². The molecule has 2 aliphatic carbocycles. The summed E-state index contributed by atoms with van der Waals surface area (Å²) in [6.07, 6.45) is 5.03. The van der Waals surface area contributed by atoms with Crippen LogP contribution in [0, 0.1) is 30.6 Å². The van der Waals surface area contributed by atoms with Crippen LogP contribution in [-0.2, 0) is 20.9 Å². The Labute approximate surface area is 147 Å². The van der Waals surface area contributed by atoms with E-state index in [0.29, 0.717) is 6.54 Å². The minimum atomic E-state index is -0.239. The highest BCUT2D eigenvalue weighted by Gasteiger charge is 2.59. The third kappa shape index (κ3) is 2.49. The number of carbonyl (C=O) groups excluding carboxylic acids is 3. The molecule has 4 rings (SSSR count). The van der Waals surface area contributed by atoms with Gasteiger partial charge in [-0.15, -0.1) is 0 Å². The number of amides is 3. The van der Waals surface area contributed by atoms with Gasteiger partial charge in [0.2, 0.25) is 17.7 Å². The van der Waals surface area contributed by atoms with E-state index < -0.39 is 0 Å². The highest BCUT2D eigenvalue weighted by atomic mass is 16.2. The summed E-state index contributed by atoms with van der Waals surface area (Å²) in [6.45, 7) is 2.33. The Hall–Kier alpha value is -2.43. The van der Waals surface area contributed by atoms with E-state index in [1.807, 2.05) is 31.2 Å². The van der Waals surface area contributed by atoms with Gasteiger partial charge in [0.25, 0.3) is 0 Å². The van der Waals surface area contributed by atoms with E-state index in [2.05, 4.69) is 12.2 Å². The number of likely N-dealkylation sites (N-methyl/N-ethyl adjacent to an activating group) is 1. The van der Waals surface area contributed by atoms with E-state index in [-0.39, 0.29) is 47.9 Å². The van der Waals surface area contributed by atoms with Crippen LogP contribution in [0.15, 0.2) is 36.4 Å². The molecular weight excluding hydrogens is 316 g/mol. The Kier molecular flexibility index (Phi) is 3.74. The van der Waals surface area contributed by atoms with Crippen molar-refractivity contribution < 1.29 is 14.4 Å². The van der Waals surface area contributed by atoms with Crippen LogP contribution in [0.3, 0.4) is 0 Å². The average Bonchev–Trinajstić information content (AvgIpc) is 3.26. The zero-order chi connectivity index (χ0) is 17.7. The predicted octanol–water partition coefficient (Wildman–Crippen LogP) is 1.76. The van der Waals surface area contributed by atoms with Crippen molar-refractivity contribution in [2.45, 2.75) is 19.9 Å². The number of likely N-dealkylation sites (tertiary alicyclic amines) is 1. The fourth-order valence-corrected chi connectivity index (χ4v) is 4.51. The number of aryl methyl sites for hydroxylation is 1. The maximum absolute atomic E-state index is 12.7. The van der Waals surface area contributed by atoms with Gasteiger partial charge in [-0.1, -0.05) is 36.4 Å². The lowest BCUT2D eigenvalue weighted by molar-refractivity contribution is -0.146. The third-order valence-electron chi connectivity index (χ3n) is 5.95. The zero-order valence-electron chi connectivity index (χ0n) is 14.5. The second-order valence-corrected chi connectivity index (χ2v) is 7.44. The van der Waals surface area contributed by atoms with Crippen LogP contribution in [0.5, 0.6) is 0 Å². The molecule has 5 heteroatoms. The molecule has 1 aromatic rings. The third-order valence-corrected chi connectivity index (χ3v) is 5.95. The molecule has 2 fully saturated rings. The smallest absolute Gasteiger partial charge is 0.242 e. The molecule has 3 aliphatic rings. The second kappa shape index (κ2) is 5.83. The van der Waals surface area contributed by atoms with Crippen molar-refractivity contribution in [2.75, 3.05) is 13.6 Å². The summed E-state index contributed by atoms with van der Waals surface area (Å²) in [5, 5.41) is 0. The van der Waals surface area contributed by atoms with Crippen molar-refractivity contribution in [3.05, 3.63) is 47.5 Å². The predicted molar refractivity (Wildman–Crippen MR) is 92.1 cm³/mol. The Morgan fingerprint density at radius 1 is 1.12 bits per heavy atom. The van der Waals surface area contributed by atoms with E-state index in [0.717, 1.165) is 17.5 Å². The maximum atomic E-state index is 12.7. The first kappa shape index (κ1) is 16.1. The van der Waals surface area contributed by atoms with Crippen molar-refractivity contribution in [3.8, 4) is 0 Å². The minimum absolute atomic E-state index is 0.146. The number of carbonyl (C=O) groups is 3. The number of fused-ring (bicyclic) bond motifs is 5. The minimum Gasteiger partial charge on any atom is -0.340 e. The lowest BCUT2D eigenvalue weighted by Crippen LogP contribution is -2.42. The molecule has 1 saturated carbocycles. The van der Waals surface area contributed by atoms with Crippen LogP contribution in [0.4, 0.5) is 0 Å². The molecule has 3 amide bonds. The van der Waals surface area contributed by atoms with Gasteiger partial charge < -0.3 is 4.90 Å². The molecule has 25 heavy (non-hydrogen) atoms. The number of hydrogen-bond acceptors (Lipinski definition) is 3. The van der Waals surface area contributed by atoms with Crippen molar-refractivity contribution >= 4 is 17.7 Å². The number of allylic oxidation sites excluding steroid dienone is 2. The molecule has 0 radical (unpaired) electrons. The molecule has 0 aromatic heterocycles. The van der Waals surface area contributed by atoms with Gasteiger partial charge in [0.15, 0.2) is 0 Å². The van der Waals surface area contributed by atoms with Gasteiger partial charge in [-0.25, -0.2) is 0 Å². The van der Waals surface area contributed by atoms with Gasteiger partial charge in [-0.05, 0) is 36.3 Å². The topological polar surface area (TPSA) is 57.7 Å². The summed E-state index contributed by atoms with van der Waals surface area (Å²) in [7, 11) is 1.71. The monoisotopic (exact) mass is 338 g/mol. The molecule has 4 unspecified atom stereocenters. The fourth-order valence-electron chi connectivity index (χ4n) is 4.51. The lowest BCUT2D eigenvalue weighted by atomic mass is 9.85. The number of rotatable bonds is 4. The Morgan fingerprint density at radius 2 is 1.72 bits per heavy atom. The summed E-state index contributed by atoms with van der Waals surface area (Å²) in [6, 6.07) is 7.89. The summed E-state index contributed by atoms with van der Waals surface area (Å²) < 4.78 is 0. The van der Waals surface area contributed by atoms with Crippen LogP contribution in [0.2, 0.25) is 0 Å². The van der Waals surface area contributed by atoms with Gasteiger partial charge in [0, 0.05) is 13.6 Å². The molecule has 4 atom stereocenters. The summed E-state index contributed by atoms with van der Waals surface area (Å²) in [5.74, 6) is -0.652. The molecular formula is C20H22N2O3. The second-order valence-electron chi connectivity index (χ2n) is 7.44. The van der Waals surface area contributed by atoms with Gasteiger partial charge >= 0.3 is 0 Å². The summed E-state index contributed by atoms with van der Waals surface area (Å²) in [4.78, 5) is 40.7. The number of imide groups is 1. The molecule has 1 aliphatic heterocycles. The van der Waals surface area contributed by atoms with Crippen molar-refractivity contribution in [3.63, 3.8) is 0 Å². The average molecular weight is 338 g/mol. The molecule has 130 valence electrons. The van der Waals surface area contributed by atoms with Crippen LogP contribution >= 0.6 is 0 Å². The van der Waals surface area contributed by atoms with Crippen LogP contribution in [0.25, 0.3) is 0 Å². The van der Waals surface area contributed by atoms with E-state index in [1.54, 1.807) is 11.9 Å². The first-order valence-corrected chi connectivity index (χ1v) is 8.79. The normalized spacial score (nSPS) is 29.4. The number of hydrogen-bond donors (Lipinski definition) is 0. The van der Waals surface area contributed by atoms with Gasteiger partial charge in [0.1, 0.15) is 6.54 Å². The van der Waals surface area contributed by atoms with Crippen molar-refractivity contribution in [1.82, 2.24) is 9.80 Å². The Balaban J connectivity index is 1.44. The molecule has 1 aromatic carbocycles. The summed E-state index contributed by atoms with van der Waals surface area (Å²) in [5.41, 5.74) is 2.18. The standard InChI is InChI=1S/C20H22N2O3/c1-12-5-3-4-6-15(12)10-21(2)16(23)11-22-19(24)17-13-7-8-14(9-13)18(17)20(22)25/h3-8,13-14,17-18H,9-11H2,1-2H3. The van der Waals surface area contributed by atoms with E-state index in [4.69, 9.17) is 0 Å². The maximum Gasteiger partial charge on any atom is 0.242 e. The van der Waals surface area contributed by atoms with Crippen molar-refractivity contribution in [1.29, 1.82) is 0 Å². The van der Waals surface area contributed by atoms with Crippen LogP contribution < -0.4 is 0 Å². The van der Waals surface area contributed by atoms with E-state index in [9.17, 15) is 14.4 Å². The van der Waals surface area contributed by atoms with Crippen LogP contribution in [-0.4, -0.2) is 41.1 Å². The quantitative estimate of drug-likeness (QED) is 0.621. The largest absolute Gasteiger partial charge is 0.340 e. The SMILES string of the molecule is Cc1ccccc1CN(C)C(=O)CN1C(=O)C2C3C=CC(C3)C2C1=O. The molecule has 0 spiro atoms. The Bertz CT molecular complexity index is 755. The molecule has 0 N–H and O–H groups in total. The highest BCUT2D eigenvalue weighted by molar-refractivity contribution is 6.08. The van der Waals surface area contributed by atoms with Gasteiger partial charge in [0.05, 0.1) is 11.8 Å². The zero-order valence-corrected chi connectivity index (χ0v) is 14.5. The van der Waals surface area contributed by atoms with Gasteiger partial charge in [-0.2, -0.15) is 0 Å². The molecule has 1 heterocycles. The van der Waals surface area contributed by atoms with E-state index in [1.165, 1.54) is 4.90 Å². The first-order valence-electron chi connectivity index (χ1n) is 8.79. The highest BCUT2D eigenvalue weighted by Crippen LogP contribution is 2.52. The summed E-state index contributed by atoms with van der Waals surface area (Å²) >= 11 is 0.